The van der Waals surface area contributed by atoms with E-state index in [4.69, 9.17) is 10.00 Å². The maximum Gasteiger partial charge on any atom is 0.226 e. The fraction of sp³-hybridized carbons (Fsp3) is 0.118. The van der Waals surface area contributed by atoms with Gasteiger partial charge in [-0.3, -0.25) is 0 Å². The van der Waals surface area contributed by atoms with E-state index in [0.717, 1.165) is 16.5 Å². The second kappa shape index (κ2) is 6.71. The van der Waals surface area contributed by atoms with Gasteiger partial charge in [-0.15, -0.1) is 0 Å². The number of nitrogens with one attached hydrogen (secondary N) is 1. The molecule has 0 bridgehead atoms. The first-order chi connectivity index (χ1) is 11.3. The lowest BCUT2D eigenvalue weighted by atomic mass is 10.1. The van der Waals surface area contributed by atoms with Crippen molar-refractivity contribution in [2.45, 2.75) is 13.0 Å². The first kappa shape index (κ1) is 14.7. The van der Waals surface area contributed by atoms with Crippen molar-refractivity contribution in [3.05, 3.63) is 65.9 Å². The summed E-state index contributed by atoms with van der Waals surface area (Å²) in [6.45, 7) is 0.211. The third-order valence-electron chi connectivity index (χ3n) is 3.31. The summed E-state index contributed by atoms with van der Waals surface area (Å²) < 4.78 is 19.0. The summed E-state index contributed by atoms with van der Waals surface area (Å²) in [6.07, 6.45) is 6.98. The lowest BCUT2D eigenvalue weighted by Gasteiger charge is -2.07. The minimum absolute atomic E-state index is 0.211. The third kappa shape index (κ3) is 3.35. The van der Waals surface area contributed by atoms with Crippen LogP contribution in [0.3, 0.4) is 0 Å². The fourth-order valence-corrected chi connectivity index (χ4v) is 2.28. The van der Waals surface area contributed by atoms with Gasteiger partial charge in [0.2, 0.25) is 5.88 Å². The highest BCUT2D eigenvalue weighted by atomic mass is 19.1. The molecule has 23 heavy (non-hydrogen) atoms. The third-order valence-corrected chi connectivity index (χ3v) is 3.31. The number of fused-ring (bicyclic) bond motifs is 1. The minimum Gasteiger partial charge on any atom is -0.472 e. The summed E-state index contributed by atoms with van der Waals surface area (Å²) in [6, 6.07) is 8.19. The maximum absolute atomic E-state index is 13.2. The molecule has 2 heterocycles. The normalized spacial score (nSPS) is 11.0. The van der Waals surface area contributed by atoms with Crippen molar-refractivity contribution in [3.8, 4) is 11.9 Å². The van der Waals surface area contributed by atoms with Crippen molar-refractivity contribution >= 4 is 11.0 Å². The van der Waals surface area contributed by atoms with Gasteiger partial charge in [-0.1, -0.05) is 18.2 Å². The van der Waals surface area contributed by atoms with Crippen LogP contribution in [0.15, 0.2) is 48.9 Å². The molecule has 0 saturated carbocycles. The van der Waals surface area contributed by atoms with Crippen LogP contribution >= 0.6 is 0 Å². The van der Waals surface area contributed by atoms with E-state index in [1.807, 2.05) is 12.3 Å². The van der Waals surface area contributed by atoms with E-state index in [1.54, 1.807) is 18.2 Å². The van der Waals surface area contributed by atoms with E-state index < -0.39 is 0 Å². The molecule has 0 fully saturated rings. The van der Waals surface area contributed by atoms with Gasteiger partial charge in [-0.2, -0.15) is 5.26 Å². The highest BCUT2D eigenvalue weighted by Crippen LogP contribution is 2.26. The number of aromatic amines is 1. The average molecular weight is 308 g/mol. The van der Waals surface area contributed by atoms with E-state index in [9.17, 15) is 4.39 Å². The number of rotatable bonds is 5. The van der Waals surface area contributed by atoms with E-state index in [-0.39, 0.29) is 12.4 Å². The number of halogens is 1. The zero-order valence-corrected chi connectivity index (χ0v) is 12.2. The van der Waals surface area contributed by atoms with E-state index in [0.29, 0.717) is 17.9 Å². The smallest absolute Gasteiger partial charge is 0.226 e. The monoisotopic (exact) mass is 308 g/mol. The van der Waals surface area contributed by atoms with Gasteiger partial charge >= 0.3 is 0 Å². The molecule has 0 radical (unpaired) electrons. The Morgan fingerprint density at radius 2 is 2.26 bits per heavy atom. The Labute approximate surface area is 132 Å². The first-order valence-corrected chi connectivity index (χ1v) is 7.01. The summed E-state index contributed by atoms with van der Waals surface area (Å²) in [7, 11) is 0. The highest BCUT2D eigenvalue weighted by Gasteiger charge is 2.11. The van der Waals surface area contributed by atoms with Crippen LogP contribution in [-0.2, 0) is 13.0 Å². The Balaban J connectivity index is 1.86. The number of benzene rings is 1. The molecule has 114 valence electrons. The van der Waals surface area contributed by atoms with Crippen molar-refractivity contribution in [1.82, 2.24) is 15.0 Å². The molecule has 0 aliphatic heterocycles. The maximum atomic E-state index is 13.2. The zero-order valence-electron chi connectivity index (χ0n) is 12.2. The summed E-state index contributed by atoms with van der Waals surface area (Å²) >= 11 is 0. The number of allylic oxidation sites excluding steroid dienone is 2. The van der Waals surface area contributed by atoms with Crippen LogP contribution in [0.1, 0.15) is 11.1 Å². The van der Waals surface area contributed by atoms with E-state index >= 15 is 0 Å². The van der Waals surface area contributed by atoms with E-state index in [2.05, 4.69) is 15.0 Å². The lowest BCUT2D eigenvalue weighted by Crippen LogP contribution is -1.99. The Kier molecular flexibility index (Phi) is 4.29. The van der Waals surface area contributed by atoms with Gasteiger partial charge in [0, 0.05) is 12.3 Å². The van der Waals surface area contributed by atoms with Crippen LogP contribution < -0.4 is 4.74 Å². The number of nitrogens with zero attached hydrogens (tertiary/aromatic N) is 3. The van der Waals surface area contributed by atoms with Crippen LogP contribution in [0.5, 0.6) is 5.88 Å². The Bertz CT molecular complexity index is 895. The number of nitriles is 1. The van der Waals surface area contributed by atoms with Crippen LogP contribution in [0, 0.1) is 17.1 Å². The molecule has 0 saturated heterocycles. The van der Waals surface area contributed by atoms with Crippen LogP contribution in [0.2, 0.25) is 0 Å². The molecule has 1 aromatic carbocycles. The predicted molar refractivity (Wildman–Crippen MR) is 83.1 cm³/mol. The molecule has 0 atom stereocenters. The van der Waals surface area contributed by atoms with Crippen molar-refractivity contribution in [2.75, 3.05) is 0 Å². The summed E-state index contributed by atoms with van der Waals surface area (Å²) in [5.41, 5.74) is 2.31. The van der Waals surface area contributed by atoms with Gasteiger partial charge in [0.25, 0.3) is 0 Å². The molecule has 3 aromatic rings. The molecule has 6 heteroatoms. The fourth-order valence-electron chi connectivity index (χ4n) is 2.28. The molecule has 0 amide bonds. The van der Waals surface area contributed by atoms with Gasteiger partial charge in [0.05, 0.1) is 11.5 Å². The van der Waals surface area contributed by atoms with Crippen molar-refractivity contribution in [2.24, 2.45) is 0 Å². The van der Waals surface area contributed by atoms with Crippen LogP contribution in [0.4, 0.5) is 4.39 Å². The molecule has 0 aliphatic rings. The number of hydrogen-bond acceptors (Lipinski definition) is 4. The molecule has 0 spiro atoms. The molecule has 0 unspecified atom stereocenters. The van der Waals surface area contributed by atoms with Crippen LogP contribution in [0.25, 0.3) is 11.0 Å². The van der Waals surface area contributed by atoms with Crippen molar-refractivity contribution in [1.29, 1.82) is 5.26 Å². The van der Waals surface area contributed by atoms with Gasteiger partial charge in [-0.05, 0) is 29.7 Å². The molecular weight excluding hydrogens is 295 g/mol. The number of ether oxygens (including phenoxy) is 1. The Morgan fingerprint density at radius 3 is 3.09 bits per heavy atom. The Hall–Kier alpha value is -3.20. The summed E-state index contributed by atoms with van der Waals surface area (Å²) in [5, 5.41) is 9.34. The Morgan fingerprint density at radius 1 is 1.35 bits per heavy atom. The van der Waals surface area contributed by atoms with Gasteiger partial charge in [-0.25, -0.2) is 14.4 Å². The molecule has 2 aromatic heterocycles. The molecule has 3 rings (SSSR count). The van der Waals surface area contributed by atoms with Crippen molar-refractivity contribution in [3.63, 3.8) is 0 Å². The molecule has 5 nitrogen and oxygen atoms in total. The average Bonchev–Trinajstić information content (AvgIpc) is 2.97. The lowest BCUT2D eigenvalue weighted by molar-refractivity contribution is 0.297. The molecule has 0 aliphatic carbocycles. The standard InChI is InChI=1S/C17H13FN4O/c18-14-6-3-4-12(8-14)10-23-17-15-13(5-1-2-7-19)9-20-16(15)21-11-22-17/h1-4,6,8-9,11H,5,10H2,(H,20,21,22)/b2-1+. The minimum atomic E-state index is -0.303. The largest absolute Gasteiger partial charge is 0.472 e. The summed E-state index contributed by atoms with van der Waals surface area (Å²) in [5.74, 6) is 0.128. The quantitative estimate of drug-likeness (QED) is 0.734. The highest BCUT2D eigenvalue weighted by molar-refractivity contribution is 5.84. The van der Waals surface area contributed by atoms with Gasteiger partial charge in [0.15, 0.2) is 0 Å². The topological polar surface area (TPSA) is 74.6 Å². The SMILES string of the molecule is N#C/C=C/Cc1c[nH]c2ncnc(OCc3cccc(F)c3)c12. The van der Waals surface area contributed by atoms with Gasteiger partial charge in [0.1, 0.15) is 24.4 Å². The predicted octanol–water partition coefficient (Wildman–Crippen LogP) is 3.30. The van der Waals surface area contributed by atoms with Gasteiger partial charge < -0.3 is 9.72 Å². The second-order valence-corrected chi connectivity index (χ2v) is 4.87. The summed E-state index contributed by atoms with van der Waals surface area (Å²) in [4.78, 5) is 11.4. The van der Waals surface area contributed by atoms with Crippen molar-refractivity contribution < 1.29 is 9.13 Å². The number of aromatic nitrogens is 3. The zero-order chi connectivity index (χ0) is 16.1. The molecular formula is C17H13FN4O. The van der Waals surface area contributed by atoms with E-state index in [1.165, 1.54) is 24.5 Å². The first-order valence-electron chi connectivity index (χ1n) is 7.01. The van der Waals surface area contributed by atoms with Crippen LogP contribution in [-0.4, -0.2) is 15.0 Å². The second-order valence-electron chi connectivity index (χ2n) is 4.87. The number of hydrogen-bond donors (Lipinski definition) is 1. The number of H-pyrrole nitrogens is 1. The molecule has 1 N–H and O–H groups in total.